The molecule has 0 N–H and O–H groups in total. The maximum absolute atomic E-state index is 11.9. The Morgan fingerprint density at radius 3 is 1.87 bits per heavy atom. The van der Waals surface area contributed by atoms with Crippen LogP contribution in [0.1, 0.15) is 48.0 Å². The summed E-state index contributed by atoms with van der Waals surface area (Å²) >= 11 is 0. The van der Waals surface area contributed by atoms with Gasteiger partial charge in [-0.2, -0.15) is 0 Å². The van der Waals surface area contributed by atoms with Gasteiger partial charge in [-0.25, -0.2) is 0 Å². The lowest BCUT2D eigenvalue weighted by atomic mass is 10.2. The Hall–Kier alpha value is -0.570. The highest BCUT2D eigenvalue weighted by molar-refractivity contribution is 5.76. The molecule has 0 spiro atoms. The van der Waals surface area contributed by atoms with Crippen LogP contribution in [-0.2, 0) is 9.53 Å². The second kappa shape index (κ2) is 6.83. The summed E-state index contributed by atoms with van der Waals surface area (Å²) in [6.45, 7) is 12.7. The normalized spacial score (nSPS) is 11.5. The van der Waals surface area contributed by atoms with Gasteiger partial charge in [-0.1, -0.05) is 0 Å². The highest BCUT2D eigenvalue weighted by Crippen LogP contribution is 2.07. The van der Waals surface area contributed by atoms with E-state index in [0.29, 0.717) is 13.0 Å². The number of ether oxygens (including phenoxy) is 1. The van der Waals surface area contributed by atoms with Crippen LogP contribution < -0.4 is 0 Å². The molecule has 0 aliphatic carbocycles. The first-order chi connectivity index (χ1) is 6.86. The van der Waals surface area contributed by atoms with Gasteiger partial charge < -0.3 is 9.64 Å². The van der Waals surface area contributed by atoms with Crippen LogP contribution in [0.2, 0.25) is 0 Å². The molecule has 0 aromatic carbocycles. The molecule has 0 heterocycles. The Morgan fingerprint density at radius 1 is 1.07 bits per heavy atom. The highest BCUT2D eigenvalue weighted by atomic mass is 16.5. The third-order valence-electron chi connectivity index (χ3n) is 2.17. The molecule has 0 radical (unpaired) electrons. The van der Waals surface area contributed by atoms with Gasteiger partial charge in [-0.15, -0.1) is 0 Å². The number of carbonyl (C=O) groups is 1. The molecule has 3 heteroatoms. The number of hydrogen-bond donors (Lipinski definition) is 0. The fourth-order valence-corrected chi connectivity index (χ4v) is 1.68. The molecule has 0 rings (SSSR count). The lowest BCUT2D eigenvalue weighted by Gasteiger charge is -2.30. The predicted molar refractivity (Wildman–Crippen MR) is 62.8 cm³/mol. The van der Waals surface area contributed by atoms with Crippen molar-refractivity contribution in [3.8, 4) is 0 Å². The number of rotatable bonds is 6. The predicted octanol–water partition coefficient (Wildman–Crippen LogP) is 2.45. The lowest BCUT2D eigenvalue weighted by Crippen LogP contribution is -2.42. The zero-order valence-corrected chi connectivity index (χ0v) is 10.9. The van der Waals surface area contributed by atoms with E-state index in [-0.39, 0.29) is 24.1 Å². The molecule has 15 heavy (non-hydrogen) atoms. The van der Waals surface area contributed by atoms with Crippen molar-refractivity contribution in [1.29, 1.82) is 0 Å². The molecule has 0 aliphatic heterocycles. The molecule has 0 unspecified atom stereocenters. The van der Waals surface area contributed by atoms with Crippen molar-refractivity contribution >= 4 is 5.91 Å². The van der Waals surface area contributed by atoms with Crippen LogP contribution in [0.25, 0.3) is 0 Å². The van der Waals surface area contributed by atoms with E-state index in [2.05, 4.69) is 0 Å². The number of amides is 1. The summed E-state index contributed by atoms with van der Waals surface area (Å²) in [6.07, 6.45) is 0.679. The lowest BCUT2D eigenvalue weighted by molar-refractivity contribution is -0.136. The van der Waals surface area contributed by atoms with Crippen molar-refractivity contribution in [2.75, 3.05) is 6.61 Å². The first kappa shape index (κ1) is 14.4. The van der Waals surface area contributed by atoms with E-state index < -0.39 is 0 Å². The smallest absolute Gasteiger partial charge is 0.225 e. The maximum atomic E-state index is 11.9. The van der Waals surface area contributed by atoms with Crippen LogP contribution in [-0.4, -0.2) is 35.6 Å². The molecule has 0 bridgehead atoms. The van der Waals surface area contributed by atoms with E-state index in [4.69, 9.17) is 4.74 Å². The van der Waals surface area contributed by atoms with Crippen LogP contribution in [0.15, 0.2) is 0 Å². The molecule has 0 fully saturated rings. The molecule has 0 aromatic heterocycles. The summed E-state index contributed by atoms with van der Waals surface area (Å²) in [7, 11) is 0. The largest absolute Gasteiger partial charge is 0.378 e. The monoisotopic (exact) mass is 215 g/mol. The highest BCUT2D eigenvalue weighted by Gasteiger charge is 2.19. The van der Waals surface area contributed by atoms with Crippen LogP contribution in [0.4, 0.5) is 0 Å². The van der Waals surface area contributed by atoms with Crippen LogP contribution in [0.5, 0.6) is 0 Å². The number of nitrogens with zero attached hydrogens (tertiary/aromatic N) is 1. The minimum Gasteiger partial charge on any atom is -0.378 e. The zero-order valence-electron chi connectivity index (χ0n) is 10.9. The second-order valence-electron chi connectivity index (χ2n) is 4.66. The molecule has 0 saturated heterocycles. The second-order valence-corrected chi connectivity index (χ2v) is 4.66. The van der Waals surface area contributed by atoms with Gasteiger partial charge in [-0.05, 0) is 41.5 Å². The van der Waals surface area contributed by atoms with Gasteiger partial charge in [0, 0.05) is 12.1 Å². The minimum atomic E-state index is 0.181. The summed E-state index contributed by atoms with van der Waals surface area (Å²) in [5.41, 5.74) is 0. The number of carbonyl (C=O) groups excluding carboxylic acids is 1. The number of hydrogen-bond acceptors (Lipinski definition) is 2. The van der Waals surface area contributed by atoms with Crippen molar-refractivity contribution in [3.63, 3.8) is 0 Å². The fourth-order valence-electron chi connectivity index (χ4n) is 1.68. The molecule has 0 aromatic rings. The molecular formula is C12H25NO2. The Kier molecular flexibility index (Phi) is 6.57. The summed E-state index contributed by atoms with van der Waals surface area (Å²) in [5, 5.41) is 0. The minimum absolute atomic E-state index is 0.181. The standard InChI is InChI=1S/C12H25NO2/c1-9(2)13(10(3)4)12(14)7-8-15-11(5)6/h9-11H,7-8H2,1-6H3. The Labute approximate surface area is 93.8 Å². The Morgan fingerprint density at radius 2 is 1.53 bits per heavy atom. The van der Waals surface area contributed by atoms with E-state index >= 15 is 0 Å². The van der Waals surface area contributed by atoms with Gasteiger partial charge in [-0.3, -0.25) is 4.79 Å². The Bertz CT molecular complexity index is 180. The van der Waals surface area contributed by atoms with Gasteiger partial charge in [0.05, 0.1) is 19.1 Å². The van der Waals surface area contributed by atoms with Crippen molar-refractivity contribution in [1.82, 2.24) is 4.90 Å². The molecule has 0 saturated carbocycles. The summed E-state index contributed by atoms with van der Waals surface area (Å²) in [5.74, 6) is 0.181. The van der Waals surface area contributed by atoms with Crippen molar-refractivity contribution in [3.05, 3.63) is 0 Å². The van der Waals surface area contributed by atoms with Gasteiger partial charge in [0.25, 0.3) is 0 Å². The van der Waals surface area contributed by atoms with Gasteiger partial charge >= 0.3 is 0 Å². The molecular weight excluding hydrogens is 190 g/mol. The van der Waals surface area contributed by atoms with E-state index in [0.717, 1.165) is 0 Å². The topological polar surface area (TPSA) is 29.5 Å². The van der Waals surface area contributed by atoms with E-state index in [1.165, 1.54) is 0 Å². The van der Waals surface area contributed by atoms with Crippen molar-refractivity contribution in [2.24, 2.45) is 0 Å². The summed E-state index contributed by atoms with van der Waals surface area (Å²) in [4.78, 5) is 13.8. The first-order valence-corrected chi connectivity index (χ1v) is 5.79. The maximum Gasteiger partial charge on any atom is 0.225 e. The third-order valence-corrected chi connectivity index (χ3v) is 2.17. The van der Waals surface area contributed by atoms with E-state index in [1.807, 2.05) is 46.4 Å². The van der Waals surface area contributed by atoms with E-state index in [9.17, 15) is 4.79 Å². The van der Waals surface area contributed by atoms with Crippen LogP contribution >= 0.6 is 0 Å². The van der Waals surface area contributed by atoms with Crippen LogP contribution in [0, 0.1) is 0 Å². The molecule has 90 valence electrons. The molecule has 0 aliphatic rings. The van der Waals surface area contributed by atoms with Gasteiger partial charge in [0.1, 0.15) is 0 Å². The molecule has 0 atom stereocenters. The zero-order chi connectivity index (χ0) is 12.0. The molecule has 3 nitrogen and oxygen atoms in total. The first-order valence-electron chi connectivity index (χ1n) is 5.79. The van der Waals surface area contributed by atoms with Crippen LogP contribution in [0.3, 0.4) is 0 Å². The summed E-state index contributed by atoms with van der Waals surface area (Å²) in [6, 6.07) is 0.521. The van der Waals surface area contributed by atoms with Crippen molar-refractivity contribution in [2.45, 2.75) is 66.2 Å². The SMILES string of the molecule is CC(C)OCCC(=O)N(C(C)C)C(C)C. The van der Waals surface area contributed by atoms with E-state index in [1.54, 1.807) is 0 Å². The van der Waals surface area contributed by atoms with Crippen molar-refractivity contribution < 1.29 is 9.53 Å². The average molecular weight is 215 g/mol. The molecule has 1 amide bonds. The third kappa shape index (κ3) is 5.78. The average Bonchev–Trinajstić information content (AvgIpc) is 2.01. The quantitative estimate of drug-likeness (QED) is 0.681. The van der Waals surface area contributed by atoms with Gasteiger partial charge in [0.15, 0.2) is 0 Å². The Balaban J connectivity index is 4.04. The summed E-state index contributed by atoms with van der Waals surface area (Å²) < 4.78 is 5.37. The fraction of sp³-hybridized carbons (Fsp3) is 0.917. The van der Waals surface area contributed by atoms with Gasteiger partial charge in [0.2, 0.25) is 5.91 Å².